The molecule has 0 radical (unpaired) electrons. The molecular formula is C27H34N2O5. The first-order valence-corrected chi connectivity index (χ1v) is 11.8. The number of ketones is 1. The molecule has 7 nitrogen and oxygen atoms in total. The average molecular weight is 467 g/mol. The van der Waals surface area contributed by atoms with Crippen LogP contribution in [0.2, 0.25) is 0 Å². The van der Waals surface area contributed by atoms with E-state index < -0.39 is 17.7 Å². The van der Waals surface area contributed by atoms with Crippen molar-refractivity contribution in [2.75, 3.05) is 40.4 Å². The Morgan fingerprint density at radius 2 is 1.44 bits per heavy atom. The van der Waals surface area contributed by atoms with Gasteiger partial charge in [-0.2, -0.15) is 0 Å². The van der Waals surface area contributed by atoms with Crippen molar-refractivity contribution >= 4 is 17.4 Å². The largest absolute Gasteiger partial charge is 0.507 e. The number of carbonyl (C=O) groups excluding carboxylic acids is 2. The third-order valence-corrected chi connectivity index (χ3v) is 5.60. The zero-order valence-corrected chi connectivity index (χ0v) is 20.4. The van der Waals surface area contributed by atoms with E-state index in [0.717, 1.165) is 24.2 Å². The maximum Gasteiger partial charge on any atom is 0.295 e. The molecule has 34 heavy (non-hydrogen) atoms. The summed E-state index contributed by atoms with van der Waals surface area (Å²) < 4.78 is 11.3. The third kappa shape index (κ3) is 5.78. The van der Waals surface area contributed by atoms with E-state index in [1.54, 1.807) is 24.3 Å². The van der Waals surface area contributed by atoms with Crippen LogP contribution in [0.3, 0.4) is 0 Å². The van der Waals surface area contributed by atoms with Crippen molar-refractivity contribution in [1.29, 1.82) is 0 Å². The maximum absolute atomic E-state index is 13.1. The van der Waals surface area contributed by atoms with Gasteiger partial charge in [-0.25, -0.2) is 0 Å². The molecule has 1 aliphatic rings. The fraction of sp³-hybridized carbons (Fsp3) is 0.407. The highest BCUT2D eigenvalue weighted by Gasteiger charge is 2.45. The molecule has 2 aromatic rings. The van der Waals surface area contributed by atoms with Gasteiger partial charge in [-0.05, 0) is 68.9 Å². The van der Waals surface area contributed by atoms with E-state index >= 15 is 0 Å². The van der Waals surface area contributed by atoms with Crippen molar-refractivity contribution < 1.29 is 24.2 Å². The number of nitrogens with zero attached hydrogens (tertiary/aromatic N) is 2. The van der Waals surface area contributed by atoms with E-state index in [0.29, 0.717) is 37.6 Å². The number of Topliss-reactive ketones (excluding diaryl/α,β-unsaturated/α-hetero) is 1. The number of hydrogen-bond acceptors (Lipinski definition) is 6. The number of aliphatic hydroxyl groups excluding tert-OH is 1. The van der Waals surface area contributed by atoms with E-state index in [1.807, 2.05) is 57.1 Å². The molecule has 1 amide bonds. The minimum atomic E-state index is -0.684. The van der Waals surface area contributed by atoms with Crippen molar-refractivity contribution in [2.24, 2.45) is 0 Å². The Labute approximate surface area is 201 Å². The molecule has 0 saturated carbocycles. The minimum Gasteiger partial charge on any atom is -0.507 e. The standard InChI is InChI=1S/C27H34N2O5/c1-5-17-33-21-11-7-19(8-12-21)24-23(26(31)27(32)29(24)16-15-28(3)4)25(30)20-9-13-22(14-10-20)34-18-6-2/h7-14,24,30H,5-6,15-18H2,1-4H3/b25-23+/t24-/m0/s1. The van der Waals surface area contributed by atoms with E-state index in [-0.39, 0.29) is 11.3 Å². The molecule has 0 bridgehead atoms. The summed E-state index contributed by atoms with van der Waals surface area (Å²) in [6.07, 6.45) is 1.79. The van der Waals surface area contributed by atoms with Gasteiger partial charge in [0, 0.05) is 18.7 Å². The normalized spacial score (nSPS) is 17.4. The number of likely N-dealkylation sites (tertiary alicyclic amines) is 1. The topological polar surface area (TPSA) is 79.3 Å². The number of ether oxygens (including phenoxy) is 2. The lowest BCUT2D eigenvalue weighted by Crippen LogP contribution is -2.35. The summed E-state index contributed by atoms with van der Waals surface area (Å²) in [6.45, 7) is 6.22. The van der Waals surface area contributed by atoms with Crippen LogP contribution in [0.4, 0.5) is 0 Å². The lowest BCUT2D eigenvalue weighted by Gasteiger charge is -2.26. The van der Waals surface area contributed by atoms with Crippen LogP contribution in [-0.2, 0) is 9.59 Å². The predicted octanol–water partition coefficient (Wildman–Crippen LogP) is 4.25. The third-order valence-electron chi connectivity index (χ3n) is 5.60. The lowest BCUT2D eigenvalue weighted by molar-refractivity contribution is -0.140. The molecule has 1 atom stereocenters. The molecule has 1 aliphatic heterocycles. The van der Waals surface area contributed by atoms with Gasteiger partial charge in [0.05, 0.1) is 24.8 Å². The second-order valence-electron chi connectivity index (χ2n) is 8.59. The smallest absolute Gasteiger partial charge is 0.295 e. The number of hydrogen-bond donors (Lipinski definition) is 1. The van der Waals surface area contributed by atoms with Crippen molar-refractivity contribution in [1.82, 2.24) is 9.80 Å². The molecular weight excluding hydrogens is 432 g/mol. The first-order valence-electron chi connectivity index (χ1n) is 11.8. The SMILES string of the molecule is CCCOc1ccc(/C(O)=C2\C(=O)C(=O)N(CCN(C)C)[C@H]2c2ccc(OCCC)cc2)cc1. The second kappa shape index (κ2) is 11.7. The molecule has 1 fully saturated rings. The van der Waals surface area contributed by atoms with E-state index in [9.17, 15) is 14.7 Å². The number of likely N-dealkylation sites (N-methyl/N-ethyl adjacent to an activating group) is 1. The summed E-state index contributed by atoms with van der Waals surface area (Å²) in [5.74, 6) is -0.0758. The van der Waals surface area contributed by atoms with Gasteiger partial charge in [-0.15, -0.1) is 0 Å². The molecule has 182 valence electrons. The van der Waals surface area contributed by atoms with Crippen molar-refractivity contribution in [3.63, 3.8) is 0 Å². The zero-order valence-electron chi connectivity index (χ0n) is 20.4. The lowest BCUT2D eigenvalue weighted by atomic mass is 9.95. The van der Waals surface area contributed by atoms with Crippen LogP contribution < -0.4 is 9.47 Å². The van der Waals surface area contributed by atoms with Gasteiger partial charge in [-0.3, -0.25) is 9.59 Å². The van der Waals surface area contributed by atoms with Crippen LogP contribution in [-0.4, -0.2) is 67.0 Å². The van der Waals surface area contributed by atoms with Crippen LogP contribution in [0.5, 0.6) is 11.5 Å². The van der Waals surface area contributed by atoms with Crippen molar-refractivity contribution in [3.05, 3.63) is 65.2 Å². The zero-order chi connectivity index (χ0) is 24.7. The molecule has 0 aromatic heterocycles. The molecule has 7 heteroatoms. The molecule has 0 unspecified atom stereocenters. The van der Waals surface area contributed by atoms with Crippen LogP contribution in [0, 0.1) is 0 Å². The minimum absolute atomic E-state index is 0.0909. The highest BCUT2D eigenvalue weighted by molar-refractivity contribution is 6.46. The first-order chi connectivity index (χ1) is 16.4. The second-order valence-corrected chi connectivity index (χ2v) is 8.59. The van der Waals surface area contributed by atoms with Crippen LogP contribution >= 0.6 is 0 Å². The molecule has 0 spiro atoms. The predicted molar refractivity (Wildman–Crippen MR) is 132 cm³/mol. The number of amides is 1. The Bertz CT molecular complexity index is 1010. The van der Waals surface area contributed by atoms with Gasteiger partial charge in [0.25, 0.3) is 11.7 Å². The number of benzene rings is 2. The fourth-order valence-electron chi connectivity index (χ4n) is 3.82. The van der Waals surface area contributed by atoms with Crippen molar-refractivity contribution in [3.8, 4) is 11.5 Å². The molecule has 0 aliphatic carbocycles. The average Bonchev–Trinajstić information content (AvgIpc) is 3.10. The van der Waals surface area contributed by atoms with E-state index in [2.05, 4.69) is 0 Å². The quantitative estimate of drug-likeness (QED) is 0.303. The van der Waals surface area contributed by atoms with Crippen LogP contribution in [0.15, 0.2) is 54.1 Å². The van der Waals surface area contributed by atoms with Gasteiger partial charge in [0.1, 0.15) is 17.3 Å². The van der Waals surface area contributed by atoms with Gasteiger partial charge < -0.3 is 24.4 Å². The summed E-state index contributed by atoms with van der Waals surface area (Å²) in [5.41, 5.74) is 1.29. The molecule has 1 N–H and O–H groups in total. The molecule has 1 saturated heterocycles. The molecule has 3 rings (SSSR count). The molecule has 1 heterocycles. The fourth-order valence-corrected chi connectivity index (χ4v) is 3.82. The maximum atomic E-state index is 13.1. The van der Waals surface area contributed by atoms with Crippen LogP contribution in [0.25, 0.3) is 5.76 Å². The highest BCUT2D eigenvalue weighted by atomic mass is 16.5. The summed E-state index contributed by atoms with van der Waals surface area (Å²) in [7, 11) is 3.82. The highest BCUT2D eigenvalue weighted by Crippen LogP contribution is 2.39. The van der Waals surface area contributed by atoms with Crippen LogP contribution in [0.1, 0.15) is 43.9 Å². The summed E-state index contributed by atoms with van der Waals surface area (Å²) in [4.78, 5) is 29.6. The Hall–Kier alpha value is -3.32. The summed E-state index contributed by atoms with van der Waals surface area (Å²) in [5, 5.41) is 11.2. The van der Waals surface area contributed by atoms with Gasteiger partial charge >= 0.3 is 0 Å². The van der Waals surface area contributed by atoms with Gasteiger partial charge in [0.15, 0.2) is 0 Å². The number of carbonyl (C=O) groups is 2. The molecule has 2 aromatic carbocycles. The summed E-state index contributed by atoms with van der Waals surface area (Å²) in [6, 6.07) is 13.6. The Morgan fingerprint density at radius 1 is 0.912 bits per heavy atom. The summed E-state index contributed by atoms with van der Waals surface area (Å²) >= 11 is 0. The van der Waals surface area contributed by atoms with E-state index in [4.69, 9.17) is 9.47 Å². The van der Waals surface area contributed by atoms with Crippen molar-refractivity contribution in [2.45, 2.75) is 32.7 Å². The Kier molecular flexibility index (Phi) is 8.71. The Morgan fingerprint density at radius 3 is 1.94 bits per heavy atom. The van der Waals surface area contributed by atoms with Gasteiger partial charge in [0.2, 0.25) is 0 Å². The monoisotopic (exact) mass is 466 g/mol. The number of aliphatic hydroxyl groups is 1. The number of rotatable bonds is 11. The van der Waals surface area contributed by atoms with E-state index in [1.165, 1.54) is 4.90 Å². The van der Waals surface area contributed by atoms with Gasteiger partial charge in [-0.1, -0.05) is 26.0 Å². The Balaban J connectivity index is 2.01. The first kappa shape index (κ1) is 25.3.